The molecule has 96 valence electrons. The molecule has 0 N–H and O–H groups in total. The molecule has 0 fully saturated rings. The van der Waals surface area contributed by atoms with Crippen LogP contribution in [0.4, 0.5) is 0 Å². The van der Waals surface area contributed by atoms with Crippen molar-refractivity contribution in [2.45, 2.75) is 0 Å². The van der Waals surface area contributed by atoms with Crippen LogP contribution in [0.3, 0.4) is 0 Å². The number of methoxy groups -OCH3 is 1. The Balaban J connectivity index is 0.00000256. The average Bonchev–Trinajstić information content (AvgIpc) is 2.28. The van der Waals surface area contributed by atoms with Crippen LogP contribution in [0.15, 0.2) is 18.2 Å². The maximum atomic E-state index is 10.8. The van der Waals surface area contributed by atoms with E-state index in [2.05, 4.69) is 0 Å². The van der Waals surface area contributed by atoms with Gasteiger partial charge in [-0.25, -0.2) is 0 Å². The van der Waals surface area contributed by atoms with Crippen LogP contribution in [-0.2, 0) is 0 Å². The fourth-order valence-electron chi connectivity index (χ4n) is 1.27. The standard InChI is InChI=1S/C12H17NO3.ClH/c1-13(2)7-8-16-12-10(9-14)5-4-6-11(12)15-3;/h4-6,9H,7-8H2,1-3H3;1H. The molecule has 0 radical (unpaired) electrons. The Labute approximate surface area is 108 Å². The number of hydrogen-bond acceptors (Lipinski definition) is 4. The summed E-state index contributed by atoms with van der Waals surface area (Å²) in [6.45, 7) is 1.31. The van der Waals surface area contributed by atoms with E-state index in [1.165, 1.54) is 0 Å². The molecule has 4 nitrogen and oxygen atoms in total. The van der Waals surface area contributed by atoms with E-state index >= 15 is 0 Å². The fourth-order valence-corrected chi connectivity index (χ4v) is 1.27. The second kappa shape index (κ2) is 7.92. The van der Waals surface area contributed by atoms with Crippen molar-refractivity contribution in [1.82, 2.24) is 4.90 Å². The summed E-state index contributed by atoms with van der Waals surface area (Å²) in [5.74, 6) is 1.10. The van der Waals surface area contributed by atoms with Crippen molar-refractivity contribution in [1.29, 1.82) is 0 Å². The zero-order chi connectivity index (χ0) is 12.0. The molecule has 5 heteroatoms. The number of halogens is 1. The molecule has 0 atom stereocenters. The van der Waals surface area contributed by atoms with Crippen LogP contribution < -0.4 is 9.47 Å². The third-order valence-electron chi connectivity index (χ3n) is 2.14. The normalized spacial score (nSPS) is 9.65. The van der Waals surface area contributed by atoms with E-state index in [4.69, 9.17) is 9.47 Å². The number of ether oxygens (including phenoxy) is 2. The molecule has 1 aromatic carbocycles. The van der Waals surface area contributed by atoms with Crippen LogP contribution >= 0.6 is 12.4 Å². The number of para-hydroxylation sites is 1. The number of nitrogens with zero attached hydrogens (tertiary/aromatic N) is 1. The van der Waals surface area contributed by atoms with Gasteiger partial charge in [-0.3, -0.25) is 4.79 Å². The van der Waals surface area contributed by atoms with Gasteiger partial charge in [0.25, 0.3) is 0 Å². The van der Waals surface area contributed by atoms with E-state index < -0.39 is 0 Å². The monoisotopic (exact) mass is 259 g/mol. The van der Waals surface area contributed by atoms with Gasteiger partial charge in [-0.1, -0.05) is 6.07 Å². The molecule has 0 aromatic heterocycles. The van der Waals surface area contributed by atoms with Crippen molar-refractivity contribution in [2.24, 2.45) is 0 Å². The second-order valence-corrected chi connectivity index (χ2v) is 3.65. The Kier molecular flexibility index (Phi) is 7.34. The minimum Gasteiger partial charge on any atom is -0.493 e. The van der Waals surface area contributed by atoms with E-state index in [0.29, 0.717) is 23.7 Å². The molecule has 0 spiro atoms. The van der Waals surface area contributed by atoms with Gasteiger partial charge in [0.15, 0.2) is 17.8 Å². The fraction of sp³-hybridized carbons (Fsp3) is 0.417. The third-order valence-corrected chi connectivity index (χ3v) is 2.14. The van der Waals surface area contributed by atoms with Crippen molar-refractivity contribution in [3.8, 4) is 11.5 Å². The van der Waals surface area contributed by atoms with Crippen LogP contribution in [0.25, 0.3) is 0 Å². The number of aldehydes is 1. The van der Waals surface area contributed by atoms with Crippen LogP contribution in [0, 0.1) is 0 Å². The predicted molar refractivity (Wildman–Crippen MR) is 69.7 cm³/mol. The molecule has 0 aliphatic rings. The summed E-state index contributed by atoms with van der Waals surface area (Å²) in [4.78, 5) is 12.9. The molecule has 0 bridgehead atoms. The average molecular weight is 260 g/mol. The molecule has 0 aliphatic carbocycles. The van der Waals surface area contributed by atoms with Gasteiger partial charge < -0.3 is 14.4 Å². The lowest BCUT2D eigenvalue weighted by atomic mass is 10.2. The van der Waals surface area contributed by atoms with Crippen LogP contribution in [-0.4, -0.2) is 45.5 Å². The summed E-state index contributed by atoms with van der Waals surface area (Å²) in [7, 11) is 5.49. The van der Waals surface area contributed by atoms with E-state index in [9.17, 15) is 4.79 Å². The van der Waals surface area contributed by atoms with Gasteiger partial charge in [-0.05, 0) is 26.2 Å². The van der Waals surface area contributed by atoms with Gasteiger partial charge in [0.1, 0.15) is 6.61 Å². The number of likely N-dealkylation sites (N-methyl/N-ethyl adjacent to an activating group) is 1. The molecule has 1 aromatic rings. The Hall–Kier alpha value is -1.26. The first kappa shape index (κ1) is 15.7. The number of carbonyl (C=O) groups excluding carboxylic acids is 1. The highest BCUT2D eigenvalue weighted by Gasteiger charge is 2.09. The van der Waals surface area contributed by atoms with E-state index in [1.54, 1.807) is 25.3 Å². The molecule has 0 unspecified atom stereocenters. The van der Waals surface area contributed by atoms with Crippen molar-refractivity contribution >= 4 is 18.7 Å². The number of hydrogen-bond donors (Lipinski definition) is 0. The molecular formula is C12H18ClNO3. The van der Waals surface area contributed by atoms with E-state index in [1.807, 2.05) is 19.0 Å². The number of carbonyl (C=O) groups is 1. The van der Waals surface area contributed by atoms with Gasteiger partial charge >= 0.3 is 0 Å². The summed E-state index contributed by atoms with van der Waals surface area (Å²) >= 11 is 0. The maximum Gasteiger partial charge on any atom is 0.171 e. The number of rotatable bonds is 6. The quantitative estimate of drug-likeness (QED) is 0.731. The summed E-state index contributed by atoms with van der Waals surface area (Å²) in [5.41, 5.74) is 0.512. The van der Waals surface area contributed by atoms with Crippen LogP contribution in [0.5, 0.6) is 11.5 Å². The first-order valence-electron chi connectivity index (χ1n) is 5.08. The minimum absolute atomic E-state index is 0. The lowest BCUT2D eigenvalue weighted by Crippen LogP contribution is -2.19. The lowest BCUT2D eigenvalue weighted by molar-refractivity contribution is 0.111. The SMILES string of the molecule is COc1cccc(C=O)c1OCCN(C)C.Cl. The molecule has 0 saturated heterocycles. The van der Waals surface area contributed by atoms with Gasteiger partial charge in [0.05, 0.1) is 12.7 Å². The van der Waals surface area contributed by atoms with Crippen molar-refractivity contribution in [3.63, 3.8) is 0 Å². The highest BCUT2D eigenvalue weighted by molar-refractivity contribution is 5.85. The van der Waals surface area contributed by atoms with Crippen LogP contribution in [0.2, 0.25) is 0 Å². The summed E-state index contributed by atoms with van der Waals surface area (Å²) in [6, 6.07) is 5.25. The van der Waals surface area contributed by atoms with Gasteiger partial charge in [0.2, 0.25) is 0 Å². The second-order valence-electron chi connectivity index (χ2n) is 3.65. The zero-order valence-electron chi connectivity index (χ0n) is 10.3. The topological polar surface area (TPSA) is 38.8 Å². The van der Waals surface area contributed by atoms with Gasteiger partial charge in [-0.2, -0.15) is 0 Å². The smallest absolute Gasteiger partial charge is 0.171 e. The minimum atomic E-state index is 0. The third kappa shape index (κ3) is 4.63. The Morgan fingerprint density at radius 1 is 1.35 bits per heavy atom. The summed E-state index contributed by atoms with van der Waals surface area (Å²) in [5, 5.41) is 0. The molecule has 0 saturated carbocycles. The molecule has 0 amide bonds. The largest absolute Gasteiger partial charge is 0.493 e. The molecule has 1 rings (SSSR count). The number of benzene rings is 1. The molecule has 0 heterocycles. The van der Waals surface area contributed by atoms with Crippen molar-refractivity contribution < 1.29 is 14.3 Å². The van der Waals surface area contributed by atoms with Crippen molar-refractivity contribution in [3.05, 3.63) is 23.8 Å². The first-order valence-corrected chi connectivity index (χ1v) is 5.08. The first-order chi connectivity index (χ1) is 7.69. The molecule has 17 heavy (non-hydrogen) atoms. The Morgan fingerprint density at radius 2 is 2.06 bits per heavy atom. The summed E-state index contributed by atoms with van der Waals surface area (Å²) < 4.78 is 10.7. The van der Waals surface area contributed by atoms with E-state index in [0.717, 1.165) is 12.8 Å². The van der Waals surface area contributed by atoms with Crippen LogP contribution in [0.1, 0.15) is 10.4 Å². The molecule has 0 aliphatic heterocycles. The van der Waals surface area contributed by atoms with Gasteiger partial charge in [0, 0.05) is 6.54 Å². The summed E-state index contributed by atoms with van der Waals surface area (Å²) in [6.07, 6.45) is 0.771. The van der Waals surface area contributed by atoms with Crippen molar-refractivity contribution in [2.75, 3.05) is 34.4 Å². The molecular weight excluding hydrogens is 242 g/mol. The zero-order valence-corrected chi connectivity index (χ0v) is 11.1. The lowest BCUT2D eigenvalue weighted by Gasteiger charge is -2.14. The predicted octanol–water partition coefficient (Wildman–Crippen LogP) is 1.87. The maximum absolute atomic E-state index is 10.8. The van der Waals surface area contributed by atoms with Gasteiger partial charge in [-0.15, -0.1) is 12.4 Å². The Morgan fingerprint density at radius 3 is 2.59 bits per heavy atom. The highest BCUT2D eigenvalue weighted by Crippen LogP contribution is 2.29. The Bertz CT molecular complexity index is 356. The van der Waals surface area contributed by atoms with E-state index in [-0.39, 0.29) is 12.4 Å². The highest BCUT2D eigenvalue weighted by atomic mass is 35.5.